The molecule has 114 valence electrons. The molecule has 0 saturated carbocycles. The topological polar surface area (TPSA) is 58.2 Å². The van der Waals surface area contributed by atoms with E-state index in [-0.39, 0.29) is 24.8 Å². The molecule has 0 aliphatic heterocycles. The van der Waals surface area contributed by atoms with Crippen LogP contribution in [0.5, 0.6) is 0 Å². The molecule has 0 aromatic heterocycles. The second kappa shape index (κ2) is 7.96. The van der Waals surface area contributed by atoms with E-state index in [1.807, 2.05) is 24.3 Å². The van der Waals surface area contributed by atoms with E-state index >= 15 is 0 Å². The molecule has 6 heteroatoms. The fourth-order valence-corrected chi connectivity index (χ4v) is 2.16. The first-order valence-corrected chi connectivity index (χ1v) is 7.76. The van der Waals surface area contributed by atoms with Gasteiger partial charge < -0.3 is 10.6 Å². The lowest BCUT2D eigenvalue weighted by atomic mass is 10.1. The molecule has 2 amide bonds. The number of nitrogens with one attached hydrogen (secondary N) is 2. The summed E-state index contributed by atoms with van der Waals surface area (Å²) >= 11 is 9.10. The van der Waals surface area contributed by atoms with Crippen molar-refractivity contribution < 1.29 is 9.59 Å². The van der Waals surface area contributed by atoms with Gasteiger partial charge in [0.15, 0.2) is 0 Å². The van der Waals surface area contributed by atoms with Crippen LogP contribution < -0.4 is 10.6 Å². The fraction of sp³-hybridized carbons (Fsp3) is 0.125. The maximum Gasteiger partial charge on any atom is 0.243 e. The van der Waals surface area contributed by atoms with Gasteiger partial charge in [0.1, 0.15) is 0 Å². The predicted molar refractivity (Wildman–Crippen MR) is 90.9 cm³/mol. The van der Waals surface area contributed by atoms with Crippen molar-refractivity contribution in [2.75, 3.05) is 11.9 Å². The van der Waals surface area contributed by atoms with Crippen LogP contribution in [0, 0.1) is 0 Å². The first kappa shape index (κ1) is 16.5. The van der Waals surface area contributed by atoms with Gasteiger partial charge in [-0.25, -0.2) is 0 Å². The van der Waals surface area contributed by atoms with Crippen LogP contribution in [0.4, 0.5) is 5.69 Å². The Balaban J connectivity index is 1.76. The number of halogens is 2. The van der Waals surface area contributed by atoms with Crippen LogP contribution in [-0.2, 0) is 16.0 Å². The van der Waals surface area contributed by atoms with Gasteiger partial charge in [0.05, 0.1) is 13.0 Å². The van der Waals surface area contributed by atoms with Crippen molar-refractivity contribution in [3.63, 3.8) is 0 Å². The minimum atomic E-state index is -0.286. The summed E-state index contributed by atoms with van der Waals surface area (Å²) in [5, 5.41) is 5.86. The third-order valence-electron chi connectivity index (χ3n) is 2.85. The normalized spacial score (nSPS) is 10.1. The first-order chi connectivity index (χ1) is 10.5. The minimum absolute atomic E-state index is 0.0714. The quantitative estimate of drug-likeness (QED) is 0.834. The van der Waals surface area contributed by atoms with E-state index in [1.165, 1.54) is 0 Å². The van der Waals surface area contributed by atoms with E-state index in [1.54, 1.807) is 24.3 Å². The molecular weight excluding hydrogens is 368 g/mol. The Morgan fingerprint density at radius 1 is 0.955 bits per heavy atom. The Labute approximate surface area is 142 Å². The monoisotopic (exact) mass is 380 g/mol. The number of benzene rings is 2. The zero-order valence-corrected chi connectivity index (χ0v) is 13.9. The molecule has 0 spiro atoms. The van der Waals surface area contributed by atoms with E-state index < -0.39 is 0 Å². The summed E-state index contributed by atoms with van der Waals surface area (Å²) < 4.78 is 0.957. The highest BCUT2D eigenvalue weighted by Gasteiger charge is 2.07. The zero-order chi connectivity index (χ0) is 15.9. The van der Waals surface area contributed by atoms with Crippen molar-refractivity contribution in [2.45, 2.75) is 6.42 Å². The van der Waals surface area contributed by atoms with Gasteiger partial charge in [0.25, 0.3) is 0 Å². The predicted octanol–water partition coefficient (Wildman–Crippen LogP) is 3.40. The number of anilines is 1. The van der Waals surface area contributed by atoms with Crippen LogP contribution in [0.25, 0.3) is 0 Å². The van der Waals surface area contributed by atoms with Crippen molar-refractivity contribution >= 4 is 45.0 Å². The standard InChI is InChI=1S/C16H14BrClN2O2/c17-12-3-1-11(2-4-12)9-15(21)19-10-16(22)20-14-7-5-13(18)6-8-14/h1-8H,9-10H2,(H,19,21)(H,20,22). The molecule has 0 saturated heterocycles. The molecule has 0 aliphatic rings. The van der Waals surface area contributed by atoms with Crippen molar-refractivity contribution in [2.24, 2.45) is 0 Å². The first-order valence-electron chi connectivity index (χ1n) is 6.59. The highest BCUT2D eigenvalue weighted by atomic mass is 79.9. The number of amides is 2. The SMILES string of the molecule is O=C(Cc1ccc(Br)cc1)NCC(=O)Nc1ccc(Cl)cc1. The average Bonchev–Trinajstić information content (AvgIpc) is 2.50. The van der Waals surface area contributed by atoms with Gasteiger partial charge in [-0.3, -0.25) is 9.59 Å². The molecule has 2 aromatic carbocycles. The van der Waals surface area contributed by atoms with Crippen molar-refractivity contribution in [3.8, 4) is 0 Å². The van der Waals surface area contributed by atoms with Crippen LogP contribution >= 0.6 is 27.5 Å². The van der Waals surface area contributed by atoms with Crippen LogP contribution in [-0.4, -0.2) is 18.4 Å². The number of carbonyl (C=O) groups is 2. The van der Waals surface area contributed by atoms with Crippen LogP contribution in [0.2, 0.25) is 5.02 Å². The second-order valence-corrected chi connectivity index (χ2v) is 5.99. The largest absolute Gasteiger partial charge is 0.347 e. The summed E-state index contributed by atoms with van der Waals surface area (Å²) in [5.74, 6) is -0.486. The van der Waals surface area contributed by atoms with E-state index in [9.17, 15) is 9.59 Å². The average molecular weight is 382 g/mol. The van der Waals surface area contributed by atoms with Gasteiger partial charge in [-0.15, -0.1) is 0 Å². The molecule has 22 heavy (non-hydrogen) atoms. The molecule has 0 bridgehead atoms. The third kappa shape index (κ3) is 5.50. The van der Waals surface area contributed by atoms with Crippen molar-refractivity contribution in [1.29, 1.82) is 0 Å². The Hall–Kier alpha value is -1.85. The van der Waals surface area contributed by atoms with Crippen LogP contribution in [0.15, 0.2) is 53.0 Å². The lowest BCUT2D eigenvalue weighted by Gasteiger charge is -2.07. The molecule has 0 aliphatic carbocycles. The van der Waals surface area contributed by atoms with Gasteiger partial charge >= 0.3 is 0 Å². The van der Waals surface area contributed by atoms with E-state index in [2.05, 4.69) is 26.6 Å². The molecule has 0 radical (unpaired) electrons. The lowest BCUT2D eigenvalue weighted by Crippen LogP contribution is -2.33. The molecule has 4 nitrogen and oxygen atoms in total. The van der Waals surface area contributed by atoms with Crippen LogP contribution in [0.1, 0.15) is 5.56 Å². The van der Waals surface area contributed by atoms with E-state index in [0.29, 0.717) is 10.7 Å². The highest BCUT2D eigenvalue weighted by Crippen LogP contribution is 2.13. The third-order valence-corrected chi connectivity index (χ3v) is 3.63. The lowest BCUT2D eigenvalue weighted by molar-refractivity contribution is -0.123. The maximum absolute atomic E-state index is 11.8. The molecule has 0 heterocycles. The minimum Gasteiger partial charge on any atom is -0.347 e. The fourth-order valence-electron chi connectivity index (χ4n) is 1.77. The number of hydrogen-bond acceptors (Lipinski definition) is 2. The Morgan fingerprint density at radius 3 is 2.23 bits per heavy atom. The van der Waals surface area contributed by atoms with E-state index in [4.69, 9.17) is 11.6 Å². The van der Waals surface area contributed by atoms with Gasteiger partial charge in [-0.1, -0.05) is 39.7 Å². The maximum atomic E-state index is 11.8. The second-order valence-electron chi connectivity index (χ2n) is 4.64. The van der Waals surface area contributed by atoms with E-state index in [0.717, 1.165) is 10.0 Å². The number of rotatable bonds is 5. The summed E-state index contributed by atoms with van der Waals surface area (Å²) in [4.78, 5) is 23.5. The number of carbonyl (C=O) groups excluding carboxylic acids is 2. The summed E-state index contributed by atoms with van der Waals surface area (Å²) in [6.45, 7) is -0.0714. The Kier molecular flexibility index (Phi) is 5.98. The zero-order valence-electron chi connectivity index (χ0n) is 11.6. The van der Waals surface area contributed by atoms with Gasteiger partial charge in [0.2, 0.25) is 11.8 Å². The van der Waals surface area contributed by atoms with Gasteiger partial charge in [0, 0.05) is 15.2 Å². The Morgan fingerprint density at radius 2 is 1.59 bits per heavy atom. The molecule has 0 atom stereocenters. The molecule has 2 N–H and O–H groups in total. The molecule has 2 aromatic rings. The summed E-state index contributed by atoms with van der Waals surface area (Å²) in [6.07, 6.45) is 0.238. The van der Waals surface area contributed by atoms with Gasteiger partial charge in [-0.05, 0) is 42.0 Å². The summed E-state index contributed by atoms with van der Waals surface area (Å²) in [7, 11) is 0. The number of hydrogen-bond donors (Lipinski definition) is 2. The summed E-state index contributed by atoms with van der Waals surface area (Å²) in [6, 6.07) is 14.2. The molecular formula is C16H14BrClN2O2. The highest BCUT2D eigenvalue weighted by molar-refractivity contribution is 9.10. The van der Waals surface area contributed by atoms with Crippen molar-refractivity contribution in [3.05, 3.63) is 63.6 Å². The van der Waals surface area contributed by atoms with Gasteiger partial charge in [-0.2, -0.15) is 0 Å². The smallest absolute Gasteiger partial charge is 0.243 e. The van der Waals surface area contributed by atoms with Crippen molar-refractivity contribution in [1.82, 2.24) is 5.32 Å². The molecule has 0 fully saturated rings. The van der Waals surface area contributed by atoms with Crippen LogP contribution in [0.3, 0.4) is 0 Å². The molecule has 2 rings (SSSR count). The molecule has 0 unspecified atom stereocenters. The Bertz CT molecular complexity index is 597. The summed E-state index contributed by atoms with van der Waals surface area (Å²) in [5.41, 5.74) is 1.52.